The van der Waals surface area contributed by atoms with Gasteiger partial charge in [-0.25, -0.2) is 9.37 Å². The lowest BCUT2D eigenvalue weighted by Crippen LogP contribution is -1.88. The predicted octanol–water partition coefficient (Wildman–Crippen LogP) is 3.86. The molecule has 0 radical (unpaired) electrons. The van der Waals surface area contributed by atoms with Gasteiger partial charge < -0.3 is 0 Å². The van der Waals surface area contributed by atoms with Gasteiger partial charge in [0, 0.05) is 11.8 Å². The van der Waals surface area contributed by atoms with Gasteiger partial charge in [-0.3, -0.25) is 4.40 Å². The van der Waals surface area contributed by atoms with Crippen LogP contribution >= 0.6 is 11.8 Å². The van der Waals surface area contributed by atoms with E-state index in [9.17, 15) is 4.39 Å². The molecule has 2 aromatic heterocycles. The quantitative estimate of drug-likeness (QED) is 0.649. The van der Waals surface area contributed by atoms with Crippen LogP contribution in [0, 0.1) is 5.82 Å². The second-order valence-corrected chi connectivity index (χ2v) is 4.71. The number of pyridine rings is 1. The van der Waals surface area contributed by atoms with Gasteiger partial charge in [0.15, 0.2) is 0 Å². The zero-order valence-electron chi connectivity index (χ0n) is 9.80. The highest BCUT2D eigenvalue weighted by atomic mass is 32.2. The molecule has 3 aromatic rings. The van der Waals surface area contributed by atoms with E-state index in [1.165, 1.54) is 12.3 Å². The van der Waals surface area contributed by atoms with E-state index in [4.69, 9.17) is 0 Å². The maximum atomic E-state index is 13.3. The van der Waals surface area contributed by atoms with Crippen LogP contribution in [0.25, 0.3) is 16.9 Å². The van der Waals surface area contributed by atoms with Crippen molar-refractivity contribution in [3.8, 4) is 11.3 Å². The molecule has 0 N–H and O–H groups in total. The topological polar surface area (TPSA) is 17.3 Å². The largest absolute Gasteiger partial charge is 0.291 e. The van der Waals surface area contributed by atoms with E-state index in [1.807, 2.05) is 36.6 Å². The third kappa shape index (κ3) is 1.78. The predicted molar refractivity (Wildman–Crippen MR) is 72.4 cm³/mol. The van der Waals surface area contributed by atoms with Gasteiger partial charge in [-0.15, -0.1) is 11.8 Å². The molecule has 0 spiro atoms. The fourth-order valence-electron chi connectivity index (χ4n) is 1.98. The molecule has 0 atom stereocenters. The molecule has 2 heterocycles. The Bertz CT molecular complexity index is 692. The van der Waals surface area contributed by atoms with Crippen molar-refractivity contribution in [1.29, 1.82) is 0 Å². The highest BCUT2D eigenvalue weighted by Gasteiger charge is 2.13. The highest BCUT2D eigenvalue weighted by molar-refractivity contribution is 7.98. The minimum atomic E-state index is -0.255. The van der Waals surface area contributed by atoms with Gasteiger partial charge in [0.2, 0.25) is 0 Å². The number of thioether (sulfide) groups is 1. The van der Waals surface area contributed by atoms with Gasteiger partial charge in [0.25, 0.3) is 0 Å². The van der Waals surface area contributed by atoms with Crippen molar-refractivity contribution in [2.24, 2.45) is 0 Å². The standard InChI is InChI=1S/C14H11FN2S/c1-18-14-13(10-5-3-2-4-6-10)16-12-8-7-11(15)9-17(12)14/h2-9H,1H3. The number of fused-ring (bicyclic) bond motifs is 1. The average Bonchev–Trinajstić information content (AvgIpc) is 2.77. The second-order valence-electron chi connectivity index (χ2n) is 3.91. The van der Waals surface area contributed by atoms with Crippen LogP contribution in [0.1, 0.15) is 0 Å². The summed E-state index contributed by atoms with van der Waals surface area (Å²) in [6.07, 6.45) is 3.45. The zero-order chi connectivity index (χ0) is 12.5. The van der Waals surface area contributed by atoms with Gasteiger partial charge in [-0.05, 0) is 18.4 Å². The van der Waals surface area contributed by atoms with E-state index >= 15 is 0 Å². The van der Waals surface area contributed by atoms with Crippen LogP contribution in [0.4, 0.5) is 4.39 Å². The third-order valence-corrected chi connectivity index (χ3v) is 3.56. The first kappa shape index (κ1) is 11.3. The van der Waals surface area contributed by atoms with Gasteiger partial charge in [-0.2, -0.15) is 0 Å². The molecular formula is C14H11FN2S. The number of imidazole rings is 1. The summed E-state index contributed by atoms with van der Waals surface area (Å²) in [5.74, 6) is -0.255. The van der Waals surface area contributed by atoms with Crippen LogP contribution in [0.5, 0.6) is 0 Å². The Kier molecular flexibility index (Phi) is 2.80. The first-order valence-corrected chi connectivity index (χ1v) is 6.79. The molecule has 0 saturated heterocycles. The van der Waals surface area contributed by atoms with E-state index in [0.717, 1.165) is 21.9 Å². The lowest BCUT2D eigenvalue weighted by Gasteiger charge is -2.01. The molecule has 18 heavy (non-hydrogen) atoms. The smallest absolute Gasteiger partial charge is 0.139 e. The first-order valence-electron chi connectivity index (χ1n) is 5.56. The summed E-state index contributed by atoms with van der Waals surface area (Å²) < 4.78 is 15.1. The number of halogens is 1. The van der Waals surface area contributed by atoms with Gasteiger partial charge in [-0.1, -0.05) is 30.3 Å². The third-order valence-electron chi connectivity index (χ3n) is 2.78. The molecule has 0 bridgehead atoms. The maximum Gasteiger partial charge on any atom is 0.139 e. The lowest BCUT2D eigenvalue weighted by atomic mass is 10.2. The van der Waals surface area contributed by atoms with Crippen molar-refractivity contribution in [3.63, 3.8) is 0 Å². The minimum absolute atomic E-state index is 0.255. The van der Waals surface area contributed by atoms with Crippen LogP contribution in [-0.4, -0.2) is 15.6 Å². The average molecular weight is 258 g/mol. The van der Waals surface area contributed by atoms with Gasteiger partial charge in [0.1, 0.15) is 22.2 Å². The Balaban J connectivity index is 2.30. The Morgan fingerprint density at radius 3 is 2.61 bits per heavy atom. The summed E-state index contributed by atoms with van der Waals surface area (Å²) in [6.45, 7) is 0. The molecule has 2 nitrogen and oxygen atoms in total. The number of hydrogen-bond donors (Lipinski definition) is 0. The molecular weight excluding hydrogens is 247 g/mol. The first-order chi connectivity index (χ1) is 8.79. The molecule has 0 aliphatic rings. The number of aromatic nitrogens is 2. The molecule has 90 valence electrons. The molecule has 0 amide bonds. The summed E-state index contributed by atoms with van der Waals surface area (Å²) in [6, 6.07) is 13.1. The van der Waals surface area contributed by atoms with Gasteiger partial charge in [0.05, 0.1) is 0 Å². The molecule has 0 unspecified atom stereocenters. The van der Waals surface area contributed by atoms with Crippen molar-refractivity contribution in [2.45, 2.75) is 5.03 Å². The van der Waals surface area contributed by atoms with E-state index in [-0.39, 0.29) is 5.82 Å². The van der Waals surface area contributed by atoms with Crippen molar-refractivity contribution in [2.75, 3.05) is 6.26 Å². The summed E-state index contributed by atoms with van der Waals surface area (Å²) >= 11 is 1.57. The molecule has 0 saturated carbocycles. The number of rotatable bonds is 2. The van der Waals surface area contributed by atoms with Crippen LogP contribution in [0.15, 0.2) is 53.7 Å². The monoisotopic (exact) mass is 258 g/mol. The Labute approximate surface area is 108 Å². The molecule has 3 rings (SSSR count). The fraction of sp³-hybridized carbons (Fsp3) is 0.0714. The Morgan fingerprint density at radius 2 is 1.89 bits per heavy atom. The number of benzene rings is 1. The normalized spacial score (nSPS) is 11.0. The Hall–Kier alpha value is -1.81. The maximum absolute atomic E-state index is 13.3. The van der Waals surface area contributed by atoms with Crippen LogP contribution in [-0.2, 0) is 0 Å². The van der Waals surface area contributed by atoms with Crippen molar-refractivity contribution in [1.82, 2.24) is 9.38 Å². The molecule has 0 aliphatic heterocycles. The van der Waals surface area contributed by atoms with Crippen LogP contribution in [0.2, 0.25) is 0 Å². The minimum Gasteiger partial charge on any atom is -0.291 e. The Morgan fingerprint density at radius 1 is 1.11 bits per heavy atom. The van der Waals surface area contributed by atoms with Crippen molar-refractivity contribution >= 4 is 17.4 Å². The lowest BCUT2D eigenvalue weighted by molar-refractivity contribution is 0.617. The highest BCUT2D eigenvalue weighted by Crippen LogP contribution is 2.30. The van der Waals surface area contributed by atoms with E-state index in [2.05, 4.69) is 4.98 Å². The van der Waals surface area contributed by atoms with Crippen LogP contribution in [0.3, 0.4) is 0 Å². The van der Waals surface area contributed by atoms with E-state index in [1.54, 1.807) is 22.2 Å². The number of nitrogens with zero attached hydrogens (tertiary/aromatic N) is 2. The zero-order valence-corrected chi connectivity index (χ0v) is 10.6. The van der Waals surface area contributed by atoms with Gasteiger partial charge >= 0.3 is 0 Å². The molecule has 1 aromatic carbocycles. The fourth-order valence-corrected chi connectivity index (χ4v) is 2.68. The summed E-state index contributed by atoms with van der Waals surface area (Å²) in [5.41, 5.74) is 2.71. The summed E-state index contributed by atoms with van der Waals surface area (Å²) in [5, 5.41) is 0.954. The van der Waals surface area contributed by atoms with Crippen molar-refractivity contribution in [3.05, 3.63) is 54.5 Å². The molecule has 0 fully saturated rings. The second kappa shape index (κ2) is 4.46. The SMILES string of the molecule is CSc1c(-c2ccccc2)nc2ccc(F)cn12. The van der Waals surface area contributed by atoms with Crippen molar-refractivity contribution < 1.29 is 4.39 Å². The van der Waals surface area contributed by atoms with E-state index < -0.39 is 0 Å². The molecule has 0 aliphatic carbocycles. The van der Waals surface area contributed by atoms with E-state index in [0.29, 0.717) is 0 Å². The summed E-state index contributed by atoms with van der Waals surface area (Å²) in [7, 11) is 0. The number of hydrogen-bond acceptors (Lipinski definition) is 2. The van der Waals surface area contributed by atoms with Crippen LogP contribution < -0.4 is 0 Å². The summed E-state index contributed by atoms with van der Waals surface area (Å²) in [4.78, 5) is 4.57. The molecule has 4 heteroatoms.